The Morgan fingerprint density at radius 3 is 2.32 bits per heavy atom. The van der Waals surface area contributed by atoms with E-state index in [1.165, 1.54) is 18.3 Å². The van der Waals surface area contributed by atoms with Gasteiger partial charge in [-0.15, -0.1) is 0 Å². The second-order valence-electron chi connectivity index (χ2n) is 5.36. The molecule has 1 heterocycles. The van der Waals surface area contributed by atoms with Crippen molar-refractivity contribution in [1.82, 2.24) is 4.98 Å². The van der Waals surface area contributed by atoms with Gasteiger partial charge < -0.3 is 4.18 Å². The topological polar surface area (TPSA) is 80.1 Å². The zero-order valence-electron chi connectivity index (χ0n) is 13.4. The fourth-order valence-electron chi connectivity index (χ4n) is 2.32. The molecule has 0 aliphatic heterocycles. The maximum Gasteiger partial charge on any atom is 0.339 e. The number of nitriles is 1. The van der Waals surface area contributed by atoms with Crippen LogP contribution in [0.25, 0.3) is 11.1 Å². The molecule has 0 bridgehead atoms. The standard InChI is InChI=1S/C19H14N2O3S/c1-14-7-9-16(10-8-14)25(22,23)24-19-17(11-12-21-18(19)13-20)15-5-3-2-4-6-15/h2-12H,1H3. The van der Waals surface area contributed by atoms with Crippen LogP contribution in [0.2, 0.25) is 0 Å². The third kappa shape index (κ3) is 3.52. The summed E-state index contributed by atoms with van der Waals surface area (Å²) in [4.78, 5) is 3.94. The molecule has 0 atom stereocenters. The molecule has 2 aromatic carbocycles. The summed E-state index contributed by atoms with van der Waals surface area (Å²) in [5, 5.41) is 9.31. The molecule has 0 unspecified atom stereocenters. The molecule has 0 aliphatic rings. The Kier molecular flexibility index (Phi) is 4.50. The van der Waals surface area contributed by atoms with Crippen LogP contribution in [0.15, 0.2) is 71.8 Å². The van der Waals surface area contributed by atoms with Crippen molar-refractivity contribution in [3.05, 3.63) is 78.1 Å². The molecule has 6 heteroatoms. The highest BCUT2D eigenvalue weighted by Gasteiger charge is 2.22. The number of aryl methyl sites for hydroxylation is 1. The number of pyridine rings is 1. The third-order valence-corrected chi connectivity index (χ3v) is 4.83. The highest BCUT2D eigenvalue weighted by atomic mass is 32.2. The number of aromatic nitrogens is 1. The third-order valence-electron chi connectivity index (χ3n) is 3.60. The second kappa shape index (κ2) is 6.75. The van der Waals surface area contributed by atoms with Crippen LogP contribution in [-0.4, -0.2) is 13.4 Å². The van der Waals surface area contributed by atoms with E-state index in [4.69, 9.17) is 4.18 Å². The van der Waals surface area contributed by atoms with Crippen molar-refractivity contribution in [2.24, 2.45) is 0 Å². The van der Waals surface area contributed by atoms with Crippen LogP contribution in [-0.2, 0) is 10.1 Å². The summed E-state index contributed by atoms with van der Waals surface area (Å²) in [6.45, 7) is 1.86. The van der Waals surface area contributed by atoms with E-state index < -0.39 is 10.1 Å². The lowest BCUT2D eigenvalue weighted by Crippen LogP contribution is -2.12. The quantitative estimate of drug-likeness (QED) is 0.670. The number of hydrogen-bond donors (Lipinski definition) is 0. The molecule has 0 N–H and O–H groups in total. The van der Waals surface area contributed by atoms with Gasteiger partial charge >= 0.3 is 10.1 Å². The Bertz CT molecular complexity index is 1040. The summed E-state index contributed by atoms with van der Waals surface area (Å²) in [5.74, 6) is -0.0724. The predicted molar refractivity (Wildman–Crippen MR) is 93.4 cm³/mol. The van der Waals surface area contributed by atoms with Gasteiger partial charge in [-0.05, 0) is 30.7 Å². The molecule has 0 saturated heterocycles. The smallest absolute Gasteiger partial charge is 0.339 e. The average Bonchev–Trinajstić information content (AvgIpc) is 2.62. The van der Waals surface area contributed by atoms with Crippen LogP contribution in [0.5, 0.6) is 5.75 Å². The first kappa shape index (κ1) is 16.7. The molecule has 3 aromatic rings. The summed E-state index contributed by atoms with van der Waals surface area (Å²) < 4.78 is 30.5. The van der Waals surface area contributed by atoms with Crippen molar-refractivity contribution < 1.29 is 12.6 Å². The maximum absolute atomic E-state index is 12.6. The van der Waals surface area contributed by atoms with Crippen molar-refractivity contribution in [1.29, 1.82) is 5.26 Å². The molecule has 0 spiro atoms. The minimum atomic E-state index is -4.08. The number of hydrogen-bond acceptors (Lipinski definition) is 5. The summed E-state index contributed by atoms with van der Waals surface area (Å²) in [7, 11) is -4.08. The van der Waals surface area contributed by atoms with Crippen LogP contribution in [0.3, 0.4) is 0 Å². The molecule has 25 heavy (non-hydrogen) atoms. The molecular weight excluding hydrogens is 336 g/mol. The van der Waals surface area contributed by atoms with E-state index in [2.05, 4.69) is 4.98 Å². The molecule has 0 radical (unpaired) electrons. The van der Waals surface area contributed by atoms with E-state index in [0.29, 0.717) is 5.56 Å². The van der Waals surface area contributed by atoms with Crippen molar-refractivity contribution in [2.45, 2.75) is 11.8 Å². The van der Waals surface area contributed by atoms with Gasteiger partial charge in [0, 0.05) is 11.8 Å². The minimum absolute atomic E-state index is 0.0184. The molecule has 1 aromatic heterocycles. The lowest BCUT2D eigenvalue weighted by atomic mass is 10.1. The molecule has 0 aliphatic carbocycles. The largest absolute Gasteiger partial charge is 0.375 e. The van der Waals surface area contributed by atoms with Gasteiger partial charge in [-0.2, -0.15) is 13.7 Å². The molecule has 5 nitrogen and oxygen atoms in total. The first-order valence-electron chi connectivity index (χ1n) is 7.47. The van der Waals surface area contributed by atoms with Crippen molar-refractivity contribution in [3.63, 3.8) is 0 Å². The number of nitrogens with zero attached hydrogens (tertiary/aromatic N) is 2. The molecule has 0 fully saturated rings. The lowest BCUT2D eigenvalue weighted by Gasteiger charge is -2.12. The van der Waals surface area contributed by atoms with Gasteiger partial charge in [0.2, 0.25) is 0 Å². The Hall–Kier alpha value is -3.17. The van der Waals surface area contributed by atoms with Gasteiger partial charge in [0.1, 0.15) is 11.0 Å². The van der Waals surface area contributed by atoms with Gasteiger partial charge in [-0.1, -0.05) is 48.0 Å². The number of benzene rings is 2. The van der Waals surface area contributed by atoms with Crippen molar-refractivity contribution >= 4 is 10.1 Å². The average molecular weight is 350 g/mol. The first-order chi connectivity index (χ1) is 12.0. The molecule has 0 amide bonds. The van der Waals surface area contributed by atoms with E-state index in [1.54, 1.807) is 18.2 Å². The highest BCUT2D eigenvalue weighted by molar-refractivity contribution is 7.87. The van der Waals surface area contributed by atoms with Crippen LogP contribution >= 0.6 is 0 Å². The molecular formula is C19H14N2O3S. The SMILES string of the molecule is Cc1ccc(S(=O)(=O)Oc2c(-c3ccccc3)ccnc2C#N)cc1. The fraction of sp³-hybridized carbons (Fsp3) is 0.0526. The van der Waals surface area contributed by atoms with E-state index in [0.717, 1.165) is 11.1 Å². The lowest BCUT2D eigenvalue weighted by molar-refractivity contribution is 0.485. The van der Waals surface area contributed by atoms with Gasteiger partial charge in [0.15, 0.2) is 11.4 Å². The van der Waals surface area contributed by atoms with Crippen LogP contribution in [0.1, 0.15) is 11.3 Å². The van der Waals surface area contributed by atoms with Crippen molar-refractivity contribution in [3.8, 4) is 22.9 Å². The first-order valence-corrected chi connectivity index (χ1v) is 8.88. The summed E-state index contributed by atoms with van der Waals surface area (Å²) >= 11 is 0. The minimum Gasteiger partial charge on any atom is -0.375 e. The zero-order valence-corrected chi connectivity index (χ0v) is 14.2. The van der Waals surface area contributed by atoms with E-state index in [1.807, 2.05) is 43.3 Å². The summed E-state index contributed by atoms with van der Waals surface area (Å²) in [6.07, 6.45) is 1.45. The fourth-order valence-corrected chi connectivity index (χ4v) is 3.27. The number of rotatable bonds is 4. The Balaban J connectivity index is 2.11. The van der Waals surface area contributed by atoms with Gasteiger partial charge in [0.05, 0.1) is 0 Å². The second-order valence-corrected chi connectivity index (χ2v) is 6.91. The van der Waals surface area contributed by atoms with Crippen LogP contribution < -0.4 is 4.18 Å². The zero-order chi connectivity index (χ0) is 17.9. The normalized spacial score (nSPS) is 10.9. The summed E-state index contributed by atoms with van der Waals surface area (Å²) in [5.41, 5.74) is 2.07. The Morgan fingerprint density at radius 1 is 1.00 bits per heavy atom. The predicted octanol–water partition coefficient (Wildman–Crippen LogP) is 3.70. The monoisotopic (exact) mass is 350 g/mol. The van der Waals surface area contributed by atoms with Gasteiger partial charge in [-0.25, -0.2) is 4.98 Å². The van der Waals surface area contributed by atoms with E-state index >= 15 is 0 Å². The maximum atomic E-state index is 12.6. The van der Waals surface area contributed by atoms with Crippen LogP contribution in [0.4, 0.5) is 0 Å². The van der Waals surface area contributed by atoms with Crippen LogP contribution in [0, 0.1) is 18.3 Å². The Morgan fingerprint density at radius 2 is 1.68 bits per heavy atom. The van der Waals surface area contributed by atoms with Crippen molar-refractivity contribution in [2.75, 3.05) is 0 Å². The van der Waals surface area contributed by atoms with E-state index in [9.17, 15) is 13.7 Å². The Labute approximate surface area is 146 Å². The molecule has 3 rings (SSSR count). The van der Waals surface area contributed by atoms with Gasteiger partial charge in [-0.3, -0.25) is 0 Å². The highest BCUT2D eigenvalue weighted by Crippen LogP contribution is 2.33. The van der Waals surface area contributed by atoms with E-state index in [-0.39, 0.29) is 16.3 Å². The summed E-state index contributed by atoms with van der Waals surface area (Å²) in [6, 6.07) is 18.9. The molecule has 124 valence electrons. The van der Waals surface area contributed by atoms with Gasteiger partial charge in [0.25, 0.3) is 0 Å². The molecule has 0 saturated carbocycles.